The molecule has 14 heavy (non-hydrogen) atoms. The standard InChI is InChI=1S/C12H22N2/c1-3-9-14(4-2)11-12(10-13)7-5-6-8-12/h3-9,11H2,1-2H3. The van der Waals surface area contributed by atoms with Crippen LogP contribution in [0.2, 0.25) is 0 Å². The van der Waals surface area contributed by atoms with Crippen molar-refractivity contribution in [2.24, 2.45) is 5.41 Å². The van der Waals surface area contributed by atoms with Gasteiger partial charge >= 0.3 is 0 Å². The van der Waals surface area contributed by atoms with Gasteiger partial charge in [0.1, 0.15) is 0 Å². The Kier molecular flexibility index (Phi) is 4.41. The van der Waals surface area contributed by atoms with Crippen molar-refractivity contribution in [3.05, 3.63) is 0 Å². The second kappa shape index (κ2) is 5.36. The quantitative estimate of drug-likeness (QED) is 0.673. The summed E-state index contributed by atoms with van der Waals surface area (Å²) in [5, 5.41) is 9.25. The van der Waals surface area contributed by atoms with E-state index in [1.54, 1.807) is 0 Å². The molecular formula is C12H22N2. The van der Waals surface area contributed by atoms with Gasteiger partial charge in [0.05, 0.1) is 11.5 Å². The third-order valence-electron chi connectivity index (χ3n) is 3.31. The number of hydrogen-bond donors (Lipinski definition) is 0. The molecule has 1 rings (SSSR count). The Hall–Kier alpha value is -0.550. The molecule has 0 aromatic rings. The van der Waals surface area contributed by atoms with Crippen molar-refractivity contribution < 1.29 is 0 Å². The van der Waals surface area contributed by atoms with Crippen molar-refractivity contribution >= 4 is 0 Å². The fourth-order valence-electron chi connectivity index (χ4n) is 2.45. The first-order chi connectivity index (χ1) is 6.76. The molecule has 0 amide bonds. The fraction of sp³-hybridized carbons (Fsp3) is 0.917. The van der Waals surface area contributed by atoms with E-state index in [1.807, 2.05) is 0 Å². The highest BCUT2D eigenvalue weighted by Gasteiger charge is 2.35. The second-order valence-corrected chi connectivity index (χ2v) is 4.47. The van der Waals surface area contributed by atoms with Gasteiger partial charge in [-0.2, -0.15) is 5.26 Å². The van der Waals surface area contributed by atoms with E-state index in [0.717, 1.165) is 32.5 Å². The van der Waals surface area contributed by atoms with Crippen LogP contribution in [0.3, 0.4) is 0 Å². The van der Waals surface area contributed by atoms with E-state index in [9.17, 15) is 5.26 Å². The van der Waals surface area contributed by atoms with Crippen molar-refractivity contribution in [1.82, 2.24) is 4.90 Å². The first kappa shape index (κ1) is 11.5. The first-order valence-corrected chi connectivity index (χ1v) is 5.90. The Morgan fingerprint density at radius 3 is 2.36 bits per heavy atom. The molecule has 0 bridgehead atoms. The summed E-state index contributed by atoms with van der Waals surface area (Å²) < 4.78 is 0. The van der Waals surface area contributed by atoms with Crippen LogP contribution in [-0.4, -0.2) is 24.5 Å². The lowest BCUT2D eigenvalue weighted by Crippen LogP contribution is -2.35. The molecular weight excluding hydrogens is 172 g/mol. The molecule has 0 atom stereocenters. The Morgan fingerprint density at radius 2 is 1.93 bits per heavy atom. The summed E-state index contributed by atoms with van der Waals surface area (Å²) in [6.07, 6.45) is 5.91. The van der Waals surface area contributed by atoms with E-state index in [-0.39, 0.29) is 5.41 Å². The third kappa shape index (κ3) is 2.72. The first-order valence-electron chi connectivity index (χ1n) is 5.90. The fourth-order valence-corrected chi connectivity index (χ4v) is 2.45. The van der Waals surface area contributed by atoms with Crippen molar-refractivity contribution in [1.29, 1.82) is 5.26 Å². The molecule has 1 aliphatic rings. The number of rotatable bonds is 5. The monoisotopic (exact) mass is 194 g/mol. The normalized spacial score (nSPS) is 19.9. The van der Waals surface area contributed by atoms with Crippen molar-refractivity contribution in [2.45, 2.75) is 46.0 Å². The van der Waals surface area contributed by atoms with E-state index < -0.39 is 0 Å². The zero-order chi connectivity index (χ0) is 10.4. The van der Waals surface area contributed by atoms with Gasteiger partial charge in [0.2, 0.25) is 0 Å². The molecule has 0 saturated heterocycles. The van der Waals surface area contributed by atoms with Crippen LogP contribution < -0.4 is 0 Å². The highest BCUT2D eigenvalue weighted by molar-refractivity contribution is 5.03. The minimum absolute atomic E-state index is 0.00875. The topological polar surface area (TPSA) is 27.0 Å². The number of nitriles is 1. The molecule has 80 valence electrons. The molecule has 1 fully saturated rings. The average molecular weight is 194 g/mol. The lowest BCUT2D eigenvalue weighted by atomic mass is 9.87. The molecule has 0 aromatic carbocycles. The Morgan fingerprint density at radius 1 is 1.29 bits per heavy atom. The van der Waals surface area contributed by atoms with Gasteiger partial charge in [-0.1, -0.05) is 26.7 Å². The highest BCUT2D eigenvalue weighted by Crippen LogP contribution is 2.38. The van der Waals surface area contributed by atoms with E-state index in [0.29, 0.717) is 0 Å². The van der Waals surface area contributed by atoms with Gasteiger partial charge in [-0.05, 0) is 32.4 Å². The summed E-state index contributed by atoms with van der Waals surface area (Å²) in [4.78, 5) is 2.43. The lowest BCUT2D eigenvalue weighted by molar-refractivity contribution is 0.202. The zero-order valence-corrected chi connectivity index (χ0v) is 9.55. The molecule has 0 N–H and O–H groups in total. The number of nitrogens with zero attached hydrogens (tertiary/aromatic N) is 2. The summed E-state index contributed by atoms with van der Waals surface area (Å²) in [6.45, 7) is 7.61. The summed E-state index contributed by atoms with van der Waals surface area (Å²) in [6, 6.07) is 2.56. The molecule has 0 radical (unpaired) electrons. The van der Waals surface area contributed by atoms with Crippen LogP contribution in [0.1, 0.15) is 46.0 Å². The number of hydrogen-bond acceptors (Lipinski definition) is 2. The van der Waals surface area contributed by atoms with Crippen LogP contribution in [0.25, 0.3) is 0 Å². The van der Waals surface area contributed by atoms with Crippen LogP contribution in [0.15, 0.2) is 0 Å². The molecule has 2 nitrogen and oxygen atoms in total. The van der Waals surface area contributed by atoms with E-state index in [1.165, 1.54) is 19.3 Å². The molecule has 0 aromatic heterocycles. The Balaban J connectivity index is 2.50. The summed E-state index contributed by atoms with van der Waals surface area (Å²) in [5.41, 5.74) is -0.00875. The molecule has 0 unspecified atom stereocenters. The van der Waals surface area contributed by atoms with Crippen molar-refractivity contribution in [3.63, 3.8) is 0 Å². The molecule has 2 heteroatoms. The van der Waals surface area contributed by atoms with Gasteiger partial charge in [0.15, 0.2) is 0 Å². The largest absolute Gasteiger partial charge is 0.302 e. The molecule has 0 aliphatic heterocycles. The SMILES string of the molecule is CCCN(CC)CC1(C#N)CCCC1. The van der Waals surface area contributed by atoms with Crippen LogP contribution in [0.4, 0.5) is 0 Å². The van der Waals surface area contributed by atoms with E-state index in [2.05, 4.69) is 24.8 Å². The molecule has 1 aliphatic carbocycles. The van der Waals surface area contributed by atoms with Gasteiger partial charge < -0.3 is 4.90 Å². The van der Waals surface area contributed by atoms with Gasteiger partial charge in [-0.3, -0.25) is 0 Å². The average Bonchev–Trinajstić information content (AvgIpc) is 2.66. The summed E-state index contributed by atoms with van der Waals surface area (Å²) in [7, 11) is 0. The van der Waals surface area contributed by atoms with Crippen LogP contribution >= 0.6 is 0 Å². The predicted octanol–water partition coefficient (Wildman–Crippen LogP) is 2.80. The van der Waals surface area contributed by atoms with E-state index in [4.69, 9.17) is 0 Å². The predicted molar refractivity (Wildman–Crippen MR) is 58.9 cm³/mol. The van der Waals surface area contributed by atoms with Crippen LogP contribution in [0.5, 0.6) is 0 Å². The molecule has 1 saturated carbocycles. The van der Waals surface area contributed by atoms with Gasteiger partial charge in [-0.25, -0.2) is 0 Å². The molecule has 0 heterocycles. The van der Waals surface area contributed by atoms with Gasteiger partial charge in [0, 0.05) is 6.54 Å². The minimum atomic E-state index is -0.00875. The van der Waals surface area contributed by atoms with Crippen molar-refractivity contribution in [3.8, 4) is 6.07 Å². The Bertz CT molecular complexity index is 199. The van der Waals surface area contributed by atoms with Crippen LogP contribution in [-0.2, 0) is 0 Å². The van der Waals surface area contributed by atoms with Gasteiger partial charge in [0.25, 0.3) is 0 Å². The minimum Gasteiger partial charge on any atom is -0.302 e. The smallest absolute Gasteiger partial charge is 0.0703 e. The zero-order valence-electron chi connectivity index (χ0n) is 9.55. The second-order valence-electron chi connectivity index (χ2n) is 4.47. The Labute approximate surface area is 87.9 Å². The maximum absolute atomic E-state index is 9.25. The van der Waals surface area contributed by atoms with Crippen molar-refractivity contribution in [2.75, 3.05) is 19.6 Å². The maximum Gasteiger partial charge on any atom is 0.0703 e. The van der Waals surface area contributed by atoms with Gasteiger partial charge in [-0.15, -0.1) is 0 Å². The summed E-state index contributed by atoms with van der Waals surface area (Å²) >= 11 is 0. The maximum atomic E-state index is 9.25. The summed E-state index contributed by atoms with van der Waals surface area (Å²) in [5.74, 6) is 0. The van der Waals surface area contributed by atoms with Crippen LogP contribution in [0, 0.1) is 16.7 Å². The van der Waals surface area contributed by atoms with E-state index >= 15 is 0 Å². The molecule has 0 spiro atoms. The lowest BCUT2D eigenvalue weighted by Gasteiger charge is -2.29. The highest BCUT2D eigenvalue weighted by atomic mass is 15.1. The third-order valence-corrected chi connectivity index (χ3v) is 3.31.